The molecule has 0 amide bonds. The number of aliphatic hydroxyl groups is 1. The molecule has 2 heteroatoms. The Hall–Kier alpha value is -1.33. The van der Waals surface area contributed by atoms with E-state index < -0.39 is 11.5 Å². The second-order valence-electron chi connectivity index (χ2n) is 6.76. The van der Waals surface area contributed by atoms with Crippen LogP contribution < -0.4 is 0 Å². The molecule has 0 radical (unpaired) electrons. The number of hydrogen-bond donors (Lipinski definition) is 1. The van der Waals surface area contributed by atoms with Crippen LogP contribution in [-0.4, -0.2) is 5.11 Å². The van der Waals surface area contributed by atoms with Crippen LogP contribution in [0, 0.1) is 16.7 Å². The van der Waals surface area contributed by atoms with E-state index in [1.165, 1.54) is 24.8 Å². The fourth-order valence-electron chi connectivity index (χ4n) is 3.36. The van der Waals surface area contributed by atoms with Crippen molar-refractivity contribution in [1.29, 1.82) is 5.26 Å². The summed E-state index contributed by atoms with van der Waals surface area (Å²) in [7, 11) is 0. The van der Waals surface area contributed by atoms with Gasteiger partial charge in [-0.25, -0.2) is 0 Å². The highest BCUT2D eigenvalue weighted by Gasteiger charge is 2.38. The highest BCUT2D eigenvalue weighted by Crippen LogP contribution is 2.44. The Morgan fingerprint density at radius 1 is 0.952 bits per heavy atom. The molecule has 0 spiro atoms. The summed E-state index contributed by atoms with van der Waals surface area (Å²) in [5, 5.41) is 20.5. The monoisotopic (exact) mass is 285 g/mol. The maximum atomic E-state index is 10.8. The maximum Gasteiger partial charge on any atom is 0.0976 e. The van der Waals surface area contributed by atoms with Crippen LogP contribution in [0.1, 0.15) is 81.9 Å². The molecule has 1 fully saturated rings. The van der Waals surface area contributed by atoms with Gasteiger partial charge in [0, 0.05) is 0 Å². The number of benzene rings is 1. The zero-order chi connectivity index (χ0) is 15.3. The standard InChI is InChI=1S/C19H27NO/c1-15(2)16-8-10-17(11-9-16)18(21)19(14-20)12-6-4-3-5-7-13-19/h8-11,15,18,21H,3-7,12-13H2,1-2H3. The van der Waals surface area contributed by atoms with Crippen molar-refractivity contribution in [2.45, 2.75) is 70.8 Å². The normalized spacial score (nSPS) is 20.3. The highest BCUT2D eigenvalue weighted by molar-refractivity contribution is 5.28. The molecular formula is C19H27NO. The van der Waals surface area contributed by atoms with Crippen LogP contribution >= 0.6 is 0 Å². The summed E-state index contributed by atoms with van der Waals surface area (Å²) in [5.41, 5.74) is 1.57. The molecule has 114 valence electrons. The molecule has 21 heavy (non-hydrogen) atoms. The summed E-state index contributed by atoms with van der Waals surface area (Å²) in [5.74, 6) is 0.488. The Bertz CT molecular complexity index is 475. The van der Waals surface area contributed by atoms with Crippen LogP contribution in [0.4, 0.5) is 0 Å². The van der Waals surface area contributed by atoms with Crippen molar-refractivity contribution < 1.29 is 5.11 Å². The zero-order valence-corrected chi connectivity index (χ0v) is 13.3. The second-order valence-corrected chi connectivity index (χ2v) is 6.76. The molecule has 1 aliphatic carbocycles. The molecule has 1 N–H and O–H groups in total. The van der Waals surface area contributed by atoms with Gasteiger partial charge in [0.15, 0.2) is 0 Å². The van der Waals surface area contributed by atoms with E-state index >= 15 is 0 Å². The Morgan fingerprint density at radius 3 is 1.90 bits per heavy atom. The van der Waals surface area contributed by atoms with E-state index in [0.29, 0.717) is 5.92 Å². The fraction of sp³-hybridized carbons (Fsp3) is 0.632. The molecule has 2 rings (SSSR count). The molecule has 0 saturated heterocycles. The Labute approximate surface area is 128 Å². The lowest BCUT2D eigenvalue weighted by atomic mass is 9.71. The summed E-state index contributed by atoms with van der Waals surface area (Å²) >= 11 is 0. The van der Waals surface area contributed by atoms with Crippen molar-refractivity contribution in [3.63, 3.8) is 0 Å². The minimum atomic E-state index is -0.665. The predicted molar refractivity (Wildman–Crippen MR) is 85.9 cm³/mol. The highest BCUT2D eigenvalue weighted by atomic mass is 16.3. The summed E-state index contributed by atoms with van der Waals surface area (Å²) in [6.07, 6.45) is 6.70. The average molecular weight is 285 g/mol. The van der Waals surface area contributed by atoms with E-state index in [1.807, 2.05) is 12.1 Å². The van der Waals surface area contributed by atoms with Gasteiger partial charge in [-0.05, 0) is 29.9 Å². The van der Waals surface area contributed by atoms with Crippen molar-refractivity contribution in [3.8, 4) is 6.07 Å². The van der Waals surface area contributed by atoms with Gasteiger partial charge in [0.1, 0.15) is 0 Å². The third-order valence-corrected chi connectivity index (χ3v) is 4.91. The fourth-order valence-corrected chi connectivity index (χ4v) is 3.36. The number of aliphatic hydroxyl groups excluding tert-OH is 1. The SMILES string of the molecule is CC(C)c1ccc(C(O)C2(C#N)CCCCCCC2)cc1. The van der Waals surface area contributed by atoms with Gasteiger partial charge in [-0.15, -0.1) is 0 Å². The lowest BCUT2D eigenvalue weighted by Gasteiger charge is -2.33. The van der Waals surface area contributed by atoms with Crippen LogP contribution in [0.25, 0.3) is 0 Å². The number of nitriles is 1. The molecule has 1 aromatic rings. The van der Waals surface area contributed by atoms with Crippen molar-refractivity contribution in [1.82, 2.24) is 0 Å². The van der Waals surface area contributed by atoms with E-state index in [1.54, 1.807) is 0 Å². The van der Waals surface area contributed by atoms with E-state index in [9.17, 15) is 10.4 Å². The molecule has 1 aromatic carbocycles. The number of hydrogen-bond acceptors (Lipinski definition) is 2. The van der Waals surface area contributed by atoms with Gasteiger partial charge in [-0.1, -0.05) is 70.2 Å². The number of rotatable bonds is 3. The minimum absolute atomic E-state index is 0.488. The molecule has 0 heterocycles. The van der Waals surface area contributed by atoms with Gasteiger partial charge >= 0.3 is 0 Å². The van der Waals surface area contributed by atoms with Crippen LogP contribution in [0.2, 0.25) is 0 Å². The number of nitrogens with zero attached hydrogens (tertiary/aromatic N) is 1. The van der Waals surface area contributed by atoms with Crippen LogP contribution in [0.5, 0.6) is 0 Å². The van der Waals surface area contributed by atoms with E-state index in [0.717, 1.165) is 31.2 Å². The van der Waals surface area contributed by atoms with E-state index in [-0.39, 0.29) is 0 Å². The van der Waals surface area contributed by atoms with Gasteiger partial charge in [-0.3, -0.25) is 0 Å². The molecule has 0 aliphatic heterocycles. The molecular weight excluding hydrogens is 258 g/mol. The van der Waals surface area contributed by atoms with Crippen molar-refractivity contribution >= 4 is 0 Å². The third kappa shape index (κ3) is 3.66. The molecule has 1 aliphatic rings. The maximum absolute atomic E-state index is 10.8. The first-order valence-electron chi connectivity index (χ1n) is 8.28. The van der Waals surface area contributed by atoms with Gasteiger partial charge < -0.3 is 5.11 Å². The minimum Gasteiger partial charge on any atom is -0.387 e. The van der Waals surface area contributed by atoms with E-state index in [2.05, 4.69) is 32.0 Å². The zero-order valence-electron chi connectivity index (χ0n) is 13.3. The van der Waals surface area contributed by atoms with Crippen LogP contribution in [-0.2, 0) is 0 Å². The molecule has 0 bridgehead atoms. The molecule has 1 unspecified atom stereocenters. The lowest BCUT2D eigenvalue weighted by Crippen LogP contribution is -2.28. The van der Waals surface area contributed by atoms with Crippen molar-refractivity contribution in [2.75, 3.05) is 0 Å². The third-order valence-electron chi connectivity index (χ3n) is 4.91. The first-order valence-corrected chi connectivity index (χ1v) is 8.28. The van der Waals surface area contributed by atoms with Gasteiger partial charge in [0.25, 0.3) is 0 Å². The van der Waals surface area contributed by atoms with Crippen molar-refractivity contribution in [2.24, 2.45) is 5.41 Å². The summed E-state index contributed by atoms with van der Waals surface area (Å²) in [4.78, 5) is 0. The van der Waals surface area contributed by atoms with Gasteiger partial charge in [0.05, 0.1) is 17.6 Å². The molecule has 2 nitrogen and oxygen atoms in total. The predicted octanol–water partition coefficient (Wildman–Crippen LogP) is 5.10. The smallest absolute Gasteiger partial charge is 0.0976 e. The summed E-state index contributed by atoms with van der Waals surface area (Å²) in [6, 6.07) is 10.6. The Balaban J connectivity index is 2.22. The van der Waals surface area contributed by atoms with Crippen LogP contribution in [0.3, 0.4) is 0 Å². The summed E-state index contributed by atoms with van der Waals surface area (Å²) in [6.45, 7) is 4.33. The largest absolute Gasteiger partial charge is 0.387 e. The van der Waals surface area contributed by atoms with Gasteiger partial charge in [-0.2, -0.15) is 5.26 Å². The molecule has 0 aromatic heterocycles. The van der Waals surface area contributed by atoms with E-state index in [4.69, 9.17) is 0 Å². The lowest BCUT2D eigenvalue weighted by molar-refractivity contribution is 0.0434. The first kappa shape index (κ1) is 16.0. The van der Waals surface area contributed by atoms with Gasteiger partial charge in [0.2, 0.25) is 0 Å². The first-order chi connectivity index (χ1) is 10.1. The average Bonchev–Trinajstić information content (AvgIpc) is 2.47. The Kier molecular flexibility index (Phi) is 5.42. The topological polar surface area (TPSA) is 44.0 Å². The quantitative estimate of drug-likeness (QED) is 0.839. The second kappa shape index (κ2) is 7.09. The Morgan fingerprint density at radius 2 is 1.43 bits per heavy atom. The van der Waals surface area contributed by atoms with Crippen LogP contribution in [0.15, 0.2) is 24.3 Å². The molecule has 1 saturated carbocycles. The molecule has 1 atom stereocenters. The summed E-state index contributed by atoms with van der Waals surface area (Å²) < 4.78 is 0. The van der Waals surface area contributed by atoms with Crippen molar-refractivity contribution in [3.05, 3.63) is 35.4 Å².